The van der Waals surface area contributed by atoms with Crippen LogP contribution in [0.2, 0.25) is 0 Å². The van der Waals surface area contributed by atoms with Gasteiger partial charge < -0.3 is 20.1 Å². The molecule has 1 atom stereocenters. The lowest BCUT2D eigenvalue weighted by Gasteiger charge is -2.17. The van der Waals surface area contributed by atoms with Gasteiger partial charge in [0.2, 0.25) is 0 Å². The molecular formula is C9H17N3O2. The third-order valence-electron chi connectivity index (χ3n) is 2.24. The molecule has 1 unspecified atom stereocenters. The molecule has 80 valence electrons. The van der Waals surface area contributed by atoms with Crippen molar-refractivity contribution in [2.24, 2.45) is 4.99 Å². The molecule has 1 fully saturated rings. The van der Waals surface area contributed by atoms with Crippen LogP contribution in [0.5, 0.6) is 0 Å². The van der Waals surface area contributed by atoms with E-state index in [0.717, 1.165) is 25.6 Å². The van der Waals surface area contributed by atoms with Crippen LogP contribution in [0.25, 0.3) is 0 Å². The minimum absolute atomic E-state index is 0.120. The molecule has 1 saturated heterocycles. The Kier molecular flexibility index (Phi) is 2.60. The van der Waals surface area contributed by atoms with Gasteiger partial charge in [-0.2, -0.15) is 0 Å². The van der Waals surface area contributed by atoms with Gasteiger partial charge >= 0.3 is 0 Å². The predicted molar refractivity (Wildman–Crippen MR) is 53.2 cm³/mol. The molecule has 0 radical (unpaired) electrons. The molecule has 0 aromatic rings. The summed E-state index contributed by atoms with van der Waals surface area (Å²) in [5, 5.41) is 6.34. The molecule has 0 saturated carbocycles. The number of ether oxygens (including phenoxy) is 2. The number of aliphatic imine (C=N–C) groups is 1. The Hall–Kier alpha value is -0.810. The van der Waals surface area contributed by atoms with E-state index in [1.54, 1.807) is 0 Å². The summed E-state index contributed by atoms with van der Waals surface area (Å²) in [5.41, 5.74) is 0. The zero-order valence-electron chi connectivity index (χ0n) is 8.67. The van der Waals surface area contributed by atoms with E-state index in [2.05, 4.69) is 15.6 Å². The molecule has 2 heterocycles. The summed E-state index contributed by atoms with van der Waals surface area (Å²) in [6, 6.07) is 0. The maximum atomic E-state index is 5.64. The Labute approximate surface area is 83.9 Å². The van der Waals surface area contributed by atoms with Gasteiger partial charge in [-0.1, -0.05) is 0 Å². The van der Waals surface area contributed by atoms with Crippen molar-refractivity contribution in [3.8, 4) is 0 Å². The summed E-state index contributed by atoms with van der Waals surface area (Å²) in [6.07, 6.45) is 0.120. The van der Waals surface area contributed by atoms with E-state index in [1.807, 2.05) is 13.8 Å². The molecule has 2 rings (SSSR count). The van der Waals surface area contributed by atoms with Crippen LogP contribution in [-0.2, 0) is 9.47 Å². The van der Waals surface area contributed by atoms with E-state index in [0.29, 0.717) is 6.61 Å². The topological polar surface area (TPSA) is 54.9 Å². The second-order valence-corrected chi connectivity index (χ2v) is 3.99. The monoisotopic (exact) mass is 199 g/mol. The highest BCUT2D eigenvalue weighted by atomic mass is 16.7. The fourth-order valence-electron chi connectivity index (χ4n) is 1.59. The van der Waals surface area contributed by atoms with E-state index in [1.165, 1.54) is 0 Å². The van der Waals surface area contributed by atoms with Crippen LogP contribution in [0.1, 0.15) is 13.8 Å². The average molecular weight is 199 g/mol. The molecule has 0 spiro atoms. The van der Waals surface area contributed by atoms with Crippen LogP contribution in [0, 0.1) is 0 Å². The fraction of sp³-hybridized carbons (Fsp3) is 0.889. The van der Waals surface area contributed by atoms with Crippen LogP contribution in [0.15, 0.2) is 4.99 Å². The smallest absolute Gasteiger partial charge is 0.191 e. The largest absolute Gasteiger partial charge is 0.355 e. The van der Waals surface area contributed by atoms with Crippen molar-refractivity contribution < 1.29 is 9.47 Å². The lowest BCUT2D eigenvalue weighted by molar-refractivity contribution is -0.137. The molecule has 14 heavy (non-hydrogen) atoms. The van der Waals surface area contributed by atoms with E-state index in [4.69, 9.17) is 9.47 Å². The highest BCUT2D eigenvalue weighted by molar-refractivity contribution is 5.81. The number of nitrogens with zero attached hydrogens (tertiary/aromatic N) is 1. The van der Waals surface area contributed by atoms with Crippen LogP contribution in [-0.4, -0.2) is 44.1 Å². The van der Waals surface area contributed by atoms with E-state index in [-0.39, 0.29) is 6.10 Å². The van der Waals surface area contributed by atoms with Gasteiger partial charge in [-0.3, -0.25) is 4.99 Å². The quantitative estimate of drug-likeness (QED) is 0.640. The second kappa shape index (κ2) is 3.74. The van der Waals surface area contributed by atoms with E-state index < -0.39 is 5.79 Å². The van der Waals surface area contributed by atoms with Crippen molar-refractivity contribution in [3.63, 3.8) is 0 Å². The average Bonchev–Trinajstić information content (AvgIpc) is 2.70. The Balaban J connectivity index is 1.71. The molecule has 0 amide bonds. The van der Waals surface area contributed by atoms with Crippen molar-refractivity contribution in [1.82, 2.24) is 10.6 Å². The van der Waals surface area contributed by atoms with Crippen molar-refractivity contribution in [2.75, 3.05) is 26.2 Å². The Morgan fingerprint density at radius 1 is 1.64 bits per heavy atom. The maximum Gasteiger partial charge on any atom is 0.191 e. The molecule has 2 N–H and O–H groups in total. The molecule has 2 aliphatic rings. The summed E-state index contributed by atoms with van der Waals surface area (Å²) >= 11 is 0. The normalized spacial score (nSPS) is 29.9. The number of hydrogen-bond acceptors (Lipinski definition) is 5. The summed E-state index contributed by atoms with van der Waals surface area (Å²) in [6.45, 7) is 7.03. The fourth-order valence-corrected chi connectivity index (χ4v) is 1.59. The first-order valence-corrected chi connectivity index (χ1v) is 5.00. The van der Waals surface area contributed by atoms with Gasteiger partial charge in [0, 0.05) is 13.1 Å². The summed E-state index contributed by atoms with van der Waals surface area (Å²) < 4.78 is 11.1. The van der Waals surface area contributed by atoms with Crippen LogP contribution < -0.4 is 10.6 Å². The minimum atomic E-state index is -0.433. The molecule has 0 aromatic heterocycles. The molecule has 0 aliphatic carbocycles. The molecular weight excluding hydrogens is 182 g/mol. The van der Waals surface area contributed by atoms with Gasteiger partial charge in [0.15, 0.2) is 11.7 Å². The van der Waals surface area contributed by atoms with Crippen molar-refractivity contribution in [1.29, 1.82) is 0 Å². The first-order chi connectivity index (χ1) is 6.66. The first kappa shape index (κ1) is 9.73. The van der Waals surface area contributed by atoms with Gasteiger partial charge in [0.25, 0.3) is 0 Å². The lowest BCUT2D eigenvalue weighted by atomic mass is 10.4. The standard InChI is InChI=1S/C9H17N3O2/c1-9(2)13-6-7(14-9)5-12-8-10-3-4-11-8/h7H,3-6H2,1-2H3,(H2,10,11,12). The second-order valence-electron chi connectivity index (χ2n) is 3.99. The molecule has 5 nitrogen and oxygen atoms in total. The lowest BCUT2D eigenvalue weighted by Crippen LogP contribution is -2.39. The maximum absolute atomic E-state index is 5.64. The zero-order chi connectivity index (χ0) is 10.0. The SMILES string of the molecule is CC1(C)OCC(CNC2=NCCN2)O1. The van der Waals surface area contributed by atoms with Gasteiger partial charge in [-0.05, 0) is 13.8 Å². The van der Waals surface area contributed by atoms with Crippen LogP contribution in [0.4, 0.5) is 0 Å². The first-order valence-electron chi connectivity index (χ1n) is 5.00. The third-order valence-corrected chi connectivity index (χ3v) is 2.24. The third kappa shape index (κ3) is 2.36. The Morgan fingerprint density at radius 2 is 2.50 bits per heavy atom. The highest BCUT2D eigenvalue weighted by Gasteiger charge is 2.32. The minimum Gasteiger partial charge on any atom is -0.355 e. The summed E-state index contributed by atoms with van der Waals surface area (Å²) in [4.78, 5) is 4.23. The number of guanidine groups is 1. The molecule has 2 aliphatic heterocycles. The molecule has 0 aromatic carbocycles. The van der Waals surface area contributed by atoms with Crippen molar-refractivity contribution >= 4 is 5.96 Å². The van der Waals surface area contributed by atoms with Crippen molar-refractivity contribution in [3.05, 3.63) is 0 Å². The van der Waals surface area contributed by atoms with Gasteiger partial charge in [-0.25, -0.2) is 0 Å². The van der Waals surface area contributed by atoms with E-state index >= 15 is 0 Å². The van der Waals surface area contributed by atoms with Crippen LogP contribution in [0.3, 0.4) is 0 Å². The highest BCUT2D eigenvalue weighted by Crippen LogP contribution is 2.21. The molecule has 5 heteroatoms. The number of rotatable bonds is 2. The Morgan fingerprint density at radius 3 is 3.07 bits per heavy atom. The predicted octanol–water partition coefficient (Wildman–Crippen LogP) is -0.313. The Bertz CT molecular complexity index is 240. The number of nitrogens with one attached hydrogen (secondary N) is 2. The van der Waals surface area contributed by atoms with Crippen LogP contribution >= 0.6 is 0 Å². The van der Waals surface area contributed by atoms with Crippen molar-refractivity contribution in [2.45, 2.75) is 25.7 Å². The number of hydrogen-bond donors (Lipinski definition) is 2. The zero-order valence-corrected chi connectivity index (χ0v) is 8.67. The summed E-state index contributed by atoms with van der Waals surface area (Å²) in [5.74, 6) is 0.440. The van der Waals surface area contributed by atoms with E-state index in [9.17, 15) is 0 Å². The van der Waals surface area contributed by atoms with Gasteiger partial charge in [-0.15, -0.1) is 0 Å². The van der Waals surface area contributed by atoms with Gasteiger partial charge in [0.05, 0.1) is 13.2 Å². The van der Waals surface area contributed by atoms with Gasteiger partial charge in [0.1, 0.15) is 6.10 Å². The molecule has 0 bridgehead atoms. The summed E-state index contributed by atoms with van der Waals surface area (Å²) in [7, 11) is 0.